The first-order chi connectivity index (χ1) is 23.8. The molecule has 0 N–H and O–H groups in total. The summed E-state index contributed by atoms with van der Waals surface area (Å²) in [4.78, 5) is 1.97. The number of benzene rings is 5. The lowest BCUT2D eigenvalue weighted by Crippen LogP contribution is -2.30. The van der Waals surface area contributed by atoms with Crippen molar-refractivity contribution in [1.29, 1.82) is 0 Å². The second-order valence-corrected chi connectivity index (χ2v) is 12.2. The van der Waals surface area contributed by atoms with E-state index < -0.39 is 11.7 Å². The van der Waals surface area contributed by atoms with Crippen LogP contribution in [0.25, 0.3) is 17.2 Å². The molecule has 242 valence electrons. The molecule has 0 bridgehead atoms. The lowest BCUT2D eigenvalue weighted by Gasteiger charge is -2.26. The molecule has 0 amide bonds. The SMILES string of the molecule is C=C1/C=C\C=C/C/C(c2ccc(N(c3ccccc3)c3ccc(C(F)(F)F)cc3)cc2)=c2/cccc/c2=C/1c1ccccc1/C=C\C=C/I. The van der Waals surface area contributed by atoms with Crippen molar-refractivity contribution in [1.82, 2.24) is 0 Å². The number of nitrogens with zero attached hydrogens (tertiary/aromatic N) is 1. The fourth-order valence-corrected chi connectivity index (χ4v) is 6.30. The first-order valence-electron chi connectivity index (χ1n) is 15.9. The average molecular weight is 760 g/mol. The Morgan fingerprint density at radius 1 is 0.653 bits per heavy atom. The number of anilines is 3. The van der Waals surface area contributed by atoms with E-state index in [4.69, 9.17) is 0 Å². The molecule has 0 saturated carbocycles. The maximum absolute atomic E-state index is 13.4. The summed E-state index contributed by atoms with van der Waals surface area (Å²) in [6.45, 7) is 4.51. The van der Waals surface area contributed by atoms with Crippen LogP contribution in [0.15, 0.2) is 180 Å². The molecule has 49 heavy (non-hydrogen) atoms. The van der Waals surface area contributed by atoms with Crippen molar-refractivity contribution in [3.63, 3.8) is 0 Å². The van der Waals surface area contributed by atoms with Gasteiger partial charge < -0.3 is 4.90 Å². The number of hydrogen-bond donors (Lipinski definition) is 0. The van der Waals surface area contributed by atoms with Crippen LogP contribution in [0.5, 0.6) is 0 Å². The second-order valence-electron chi connectivity index (χ2n) is 11.4. The van der Waals surface area contributed by atoms with Crippen LogP contribution in [0, 0.1) is 0 Å². The summed E-state index contributed by atoms with van der Waals surface area (Å²) in [5.74, 6) is 0. The molecule has 0 spiro atoms. The molecular weight excluding hydrogens is 726 g/mol. The van der Waals surface area contributed by atoms with E-state index >= 15 is 0 Å². The van der Waals surface area contributed by atoms with Crippen LogP contribution in [0.4, 0.5) is 30.2 Å². The summed E-state index contributed by atoms with van der Waals surface area (Å²) in [5, 5.41) is 2.20. The summed E-state index contributed by atoms with van der Waals surface area (Å²) in [6.07, 6.45) is 10.8. The summed E-state index contributed by atoms with van der Waals surface area (Å²) in [5.41, 5.74) is 8.01. The zero-order chi connectivity index (χ0) is 34.2. The van der Waals surface area contributed by atoms with Crippen molar-refractivity contribution in [2.24, 2.45) is 0 Å². The van der Waals surface area contributed by atoms with Crippen LogP contribution < -0.4 is 15.3 Å². The van der Waals surface area contributed by atoms with E-state index in [1.165, 1.54) is 12.1 Å². The average Bonchev–Trinajstić information content (AvgIpc) is 3.12. The number of fused-ring (bicyclic) bond motifs is 1. The minimum atomic E-state index is -4.40. The first kappa shape index (κ1) is 33.7. The molecular formula is C44H33F3IN. The lowest BCUT2D eigenvalue weighted by atomic mass is 9.89. The Hall–Kier alpha value is -5.14. The largest absolute Gasteiger partial charge is 0.416 e. The number of alkyl halides is 3. The predicted molar refractivity (Wildman–Crippen MR) is 208 cm³/mol. The molecule has 0 saturated heterocycles. The molecule has 5 heteroatoms. The Balaban J connectivity index is 1.53. The van der Waals surface area contributed by atoms with Gasteiger partial charge in [0.1, 0.15) is 0 Å². The Labute approximate surface area is 298 Å². The Kier molecular flexibility index (Phi) is 10.6. The van der Waals surface area contributed by atoms with Gasteiger partial charge in [-0.3, -0.25) is 0 Å². The maximum atomic E-state index is 13.4. The first-order valence-corrected chi connectivity index (χ1v) is 17.1. The van der Waals surface area contributed by atoms with Crippen molar-refractivity contribution in [3.8, 4) is 0 Å². The fourth-order valence-electron chi connectivity index (χ4n) is 6.06. The van der Waals surface area contributed by atoms with E-state index in [0.29, 0.717) is 12.1 Å². The number of hydrogen-bond acceptors (Lipinski definition) is 1. The van der Waals surface area contributed by atoms with Crippen molar-refractivity contribution in [2.75, 3.05) is 4.90 Å². The minimum absolute atomic E-state index is 0.637. The number of halogens is 4. The van der Waals surface area contributed by atoms with Crippen molar-refractivity contribution >= 4 is 56.9 Å². The van der Waals surface area contributed by atoms with Crippen LogP contribution in [0.1, 0.15) is 28.7 Å². The van der Waals surface area contributed by atoms with Gasteiger partial charge in [0.05, 0.1) is 5.56 Å². The molecule has 0 aromatic heterocycles. The van der Waals surface area contributed by atoms with Crippen LogP contribution in [-0.2, 0) is 6.18 Å². The van der Waals surface area contributed by atoms with Gasteiger partial charge in [-0.2, -0.15) is 13.2 Å². The lowest BCUT2D eigenvalue weighted by molar-refractivity contribution is -0.137. The van der Waals surface area contributed by atoms with Gasteiger partial charge >= 0.3 is 6.18 Å². The third-order valence-electron chi connectivity index (χ3n) is 8.34. The van der Waals surface area contributed by atoms with Gasteiger partial charge in [0, 0.05) is 17.1 Å². The van der Waals surface area contributed by atoms with Crippen LogP contribution in [0.2, 0.25) is 0 Å². The van der Waals surface area contributed by atoms with Crippen LogP contribution in [0.3, 0.4) is 0 Å². The smallest absolute Gasteiger partial charge is 0.311 e. The molecule has 0 heterocycles. The topological polar surface area (TPSA) is 3.24 Å². The van der Waals surface area contributed by atoms with Crippen molar-refractivity contribution < 1.29 is 13.2 Å². The molecule has 1 aliphatic rings. The molecule has 5 aromatic carbocycles. The highest BCUT2D eigenvalue weighted by molar-refractivity contribution is 14.1. The van der Waals surface area contributed by atoms with Gasteiger partial charge in [-0.25, -0.2) is 0 Å². The summed E-state index contributed by atoms with van der Waals surface area (Å²) < 4.78 is 42.1. The van der Waals surface area contributed by atoms with Gasteiger partial charge in [-0.15, -0.1) is 0 Å². The molecule has 6 rings (SSSR count). The summed E-state index contributed by atoms with van der Waals surface area (Å²) in [7, 11) is 0. The minimum Gasteiger partial charge on any atom is -0.311 e. The molecule has 0 aliphatic heterocycles. The zero-order valence-electron chi connectivity index (χ0n) is 26.6. The molecule has 0 radical (unpaired) electrons. The molecule has 0 fully saturated rings. The van der Waals surface area contributed by atoms with Crippen molar-refractivity contribution in [2.45, 2.75) is 12.6 Å². The Bertz CT molecular complexity index is 2190. The highest BCUT2D eigenvalue weighted by Gasteiger charge is 2.30. The number of allylic oxidation sites excluding steroid dienone is 7. The van der Waals surface area contributed by atoms with E-state index in [1.54, 1.807) is 0 Å². The van der Waals surface area contributed by atoms with Gasteiger partial charge in [0.2, 0.25) is 0 Å². The quantitative estimate of drug-likeness (QED) is 0.118. The predicted octanol–water partition coefficient (Wildman–Crippen LogP) is 11.6. The monoisotopic (exact) mass is 759 g/mol. The maximum Gasteiger partial charge on any atom is 0.416 e. The highest BCUT2D eigenvalue weighted by atomic mass is 127. The van der Waals surface area contributed by atoms with Gasteiger partial charge in [0.15, 0.2) is 0 Å². The number of para-hydroxylation sites is 1. The van der Waals surface area contributed by atoms with E-state index in [1.807, 2.05) is 75.7 Å². The van der Waals surface area contributed by atoms with Crippen molar-refractivity contribution in [3.05, 3.63) is 213 Å². The van der Waals surface area contributed by atoms with E-state index in [2.05, 4.69) is 108 Å². The molecule has 0 unspecified atom stereocenters. The van der Waals surface area contributed by atoms with E-state index in [0.717, 1.165) is 67.4 Å². The highest BCUT2D eigenvalue weighted by Crippen LogP contribution is 2.37. The molecule has 1 aliphatic carbocycles. The van der Waals surface area contributed by atoms with Crippen LogP contribution >= 0.6 is 22.6 Å². The van der Waals surface area contributed by atoms with Gasteiger partial charge in [-0.1, -0.05) is 151 Å². The fraction of sp³-hybridized carbons (Fsp3) is 0.0455. The Morgan fingerprint density at radius 3 is 1.96 bits per heavy atom. The molecule has 5 aromatic rings. The second kappa shape index (κ2) is 15.4. The third kappa shape index (κ3) is 7.79. The summed E-state index contributed by atoms with van der Waals surface area (Å²) in [6, 6.07) is 40.0. The zero-order valence-corrected chi connectivity index (χ0v) is 28.8. The van der Waals surface area contributed by atoms with E-state index in [-0.39, 0.29) is 0 Å². The molecule has 1 nitrogen and oxygen atoms in total. The van der Waals surface area contributed by atoms with E-state index in [9.17, 15) is 13.2 Å². The van der Waals surface area contributed by atoms with Gasteiger partial charge in [0.25, 0.3) is 0 Å². The third-order valence-corrected chi connectivity index (χ3v) is 8.76. The Morgan fingerprint density at radius 2 is 1.27 bits per heavy atom. The molecule has 0 atom stereocenters. The van der Waals surface area contributed by atoms with Gasteiger partial charge in [-0.05, 0) is 103 Å². The van der Waals surface area contributed by atoms with Crippen LogP contribution in [-0.4, -0.2) is 0 Å². The standard InChI is InChI=1S/C44H33F3IN/c1-32-14-4-2-7-19-39(41-21-10-11-22-42(41)43(32)40-20-9-8-15-33(40)16-12-13-31-48)34-23-27-37(28-24-34)49(36-17-5-3-6-18-36)38-29-25-35(26-30-38)44(45,46)47/h2-18,20-31H,1,19H2/b7-2-,14-4-,16-12-,31-13-,41-39+,43-42+. The normalized spacial score (nSPS) is 17.2. The number of rotatable bonds is 7. The summed E-state index contributed by atoms with van der Waals surface area (Å²) >= 11 is 2.22.